The molecule has 4 nitrogen and oxygen atoms in total. The molecule has 1 amide bonds. The van der Waals surface area contributed by atoms with E-state index < -0.39 is 6.04 Å². The van der Waals surface area contributed by atoms with Gasteiger partial charge in [-0.25, -0.2) is 0 Å². The van der Waals surface area contributed by atoms with Crippen molar-refractivity contribution in [3.05, 3.63) is 0 Å². The summed E-state index contributed by atoms with van der Waals surface area (Å²) in [6.07, 6.45) is 0.828. The third-order valence-electron chi connectivity index (χ3n) is 1.24. The van der Waals surface area contributed by atoms with Crippen LogP contribution in [0.2, 0.25) is 0 Å². The fourth-order valence-corrected chi connectivity index (χ4v) is 0.589. The monoisotopic (exact) mass is 160 g/mol. The smallest absolute Gasteiger partial charge is 0.236 e. The maximum atomic E-state index is 10.8. The summed E-state index contributed by atoms with van der Waals surface area (Å²) in [7, 11) is 1.63. The van der Waals surface area contributed by atoms with Crippen LogP contribution in [-0.2, 0) is 9.53 Å². The predicted molar refractivity (Wildman–Crippen MR) is 43.2 cm³/mol. The molecule has 0 unspecified atom stereocenters. The van der Waals surface area contributed by atoms with Gasteiger partial charge >= 0.3 is 0 Å². The average molecular weight is 160 g/mol. The number of hydrogen-bond acceptors (Lipinski definition) is 3. The number of hydrogen-bond donors (Lipinski definition) is 2. The Labute approximate surface area is 67.1 Å². The molecule has 11 heavy (non-hydrogen) atoms. The Balaban J connectivity index is 3.18. The van der Waals surface area contributed by atoms with E-state index in [0.29, 0.717) is 13.2 Å². The van der Waals surface area contributed by atoms with Gasteiger partial charge in [-0.3, -0.25) is 4.79 Å². The highest BCUT2D eigenvalue weighted by Gasteiger charge is 2.04. The SMILES string of the molecule is COCCCNC(=O)[C@@H](C)N. The van der Waals surface area contributed by atoms with E-state index in [9.17, 15) is 4.79 Å². The lowest BCUT2D eigenvalue weighted by atomic mass is 10.3. The molecular formula is C7H16N2O2. The van der Waals surface area contributed by atoms with Crippen molar-refractivity contribution in [3.63, 3.8) is 0 Å². The van der Waals surface area contributed by atoms with E-state index in [4.69, 9.17) is 10.5 Å². The summed E-state index contributed by atoms with van der Waals surface area (Å²) in [5.41, 5.74) is 5.31. The second-order valence-corrected chi connectivity index (χ2v) is 2.43. The predicted octanol–water partition coefficient (Wildman–Crippen LogP) is -0.514. The van der Waals surface area contributed by atoms with Crippen LogP contribution in [0, 0.1) is 0 Å². The van der Waals surface area contributed by atoms with Gasteiger partial charge in [0.2, 0.25) is 5.91 Å². The van der Waals surface area contributed by atoms with Gasteiger partial charge in [0.25, 0.3) is 0 Å². The summed E-state index contributed by atoms with van der Waals surface area (Å²) in [5, 5.41) is 2.67. The molecule has 0 aliphatic heterocycles. The molecule has 1 atom stereocenters. The molecule has 0 heterocycles. The van der Waals surface area contributed by atoms with Crippen molar-refractivity contribution in [3.8, 4) is 0 Å². The van der Waals surface area contributed by atoms with E-state index in [1.165, 1.54) is 0 Å². The quantitative estimate of drug-likeness (QED) is 0.532. The number of nitrogens with one attached hydrogen (secondary N) is 1. The maximum Gasteiger partial charge on any atom is 0.236 e. The zero-order chi connectivity index (χ0) is 8.69. The molecule has 0 fully saturated rings. The summed E-state index contributed by atoms with van der Waals surface area (Å²) >= 11 is 0. The molecule has 0 saturated carbocycles. The van der Waals surface area contributed by atoms with Gasteiger partial charge in [0.05, 0.1) is 6.04 Å². The van der Waals surface area contributed by atoms with E-state index in [2.05, 4.69) is 5.32 Å². The van der Waals surface area contributed by atoms with Gasteiger partial charge < -0.3 is 15.8 Å². The van der Waals surface area contributed by atoms with Crippen molar-refractivity contribution < 1.29 is 9.53 Å². The second kappa shape index (κ2) is 6.12. The highest BCUT2D eigenvalue weighted by Crippen LogP contribution is 1.79. The number of ether oxygens (including phenoxy) is 1. The molecule has 0 spiro atoms. The van der Waals surface area contributed by atoms with Crippen LogP contribution >= 0.6 is 0 Å². The lowest BCUT2D eigenvalue weighted by Gasteiger charge is -2.06. The van der Waals surface area contributed by atoms with Crippen molar-refractivity contribution in [2.24, 2.45) is 5.73 Å². The molecule has 0 saturated heterocycles. The minimum Gasteiger partial charge on any atom is -0.385 e. The first kappa shape index (κ1) is 10.4. The molecule has 0 aromatic heterocycles. The highest BCUT2D eigenvalue weighted by molar-refractivity contribution is 5.80. The Morgan fingerprint density at radius 2 is 2.36 bits per heavy atom. The zero-order valence-electron chi connectivity index (χ0n) is 7.09. The minimum absolute atomic E-state index is 0.110. The molecule has 3 N–H and O–H groups in total. The minimum atomic E-state index is -0.419. The Kier molecular flexibility index (Phi) is 5.78. The summed E-state index contributed by atoms with van der Waals surface area (Å²) in [5.74, 6) is -0.110. The average Bonchev–Trinajstić information content (AvgIpc) is 1.97. The van der Waals surface area contributed by atoms with E-state index >= 15 is 0 Å². The second-order valence-electron chi connectivity index (χ2n) is 2.43. The Morgan fingerprint density at radius 1 is 1.73 bits per heavy atom. The molecule has 0 aliphatic carbocycles. The van der Waals surface area contributed by atoms with Gasteiger partial charge in [-0.15, -0.1) is 0 Å². The van der Waals surface area contributed by atoms with Crippen molar-refractivity contribution >= 4 is 5.91 Å². The first-order valence-corrected chi connectivity index (χ1v) is 3.70. The fourth-order valence-electron chi connectivity index (χ4n) is 0.589. The number of nitrogens with two attached hydrogens (primary N) is 1. The molecule has 0 aromatic rings. The van der Waals surface area contributed by atoms with Crippen LogP contribution in [0.4, 0.5) is 0 Å². The third-order valence-corrected chi connectivity index (χ3v) is 1.24. The largest absolute Gasteiger partial charge is 0.385 e. The van der Waals surface area contributed by atoms with Gasteiger partial charge in [-0.2, -0.15) is 0 Å². The number of methoxy groups -OCH3 is 1. The highest BCUT2D eigenvalue weighted by atomic mass is 16.5. The Morgan fingerprint density at radius 3 is 2.82 bits per heavy atom. The van der Waals surface area contributed by atoms with Crippen molar-refractivity contribution in [1.29, 1.82) is 0 Å². The van der Waals surface area contributed by atoms with Gasteiger partial charge in [0, 0.05) is 20.3 Å². The van der Waals surface area contributed by atoms with Gasteiger partial charge in [-0.05, 0) is 13.3 Å². The number of rotatable bonds is 5. The van der Waals surface area contributed by atoms with Crippen LogP contribution in [0.25, 0.3) is 0 Å². The van der Waals surface area contributed by atoms with E-state index in [-0.39, 0.29) is 5.91 Å². The first-order chi connectivity index (χ1) is 5.18. The number of carbonyl (C=O) groups excluding carboxylic acids is 1. The van der Waals surface area contributed by atoms with Crippen LogP contribution in [0.1, 0.15) is 13.3 Å². The summed E-state index contributed by atoms with van der Waals surface area (Å²) in [6.45, 7) is 2.96. The topological polar surface area (TPSA) is 64.3 Å². The van der Waals surface area contributed by atoms with Gasteiger partial charge in [-0.1, -0.05) is 0 Å². The molecule has 0 bridgehead atoms. The molecule has 0 aliphatic rings. The fraction of sp³-hybridized carbons (Fsp3) is 0.857. The molecular weight excluding hydrogens is 144 g/mol. The van der Waals surface area contributed by atoms with Crippen molar-refractivity contribution in [2.45, 2.75) is 19.4 Å². The lowest BCUT2D eigenvalue weighted by Crippen LogP contribution is -2.38. The van der Waals surface area contributed by atoms with Gasteiger partial charge in [0.15, 0.2) is 0 Å². The van der Waals surface area contributed by atoms with Crippen molar-refractivity contribution in [2.75, 3.05) is 20.3 Å². The van der Waals surface area contributed by atoms with Crippen LogP contribution in [0.3, 0.4) is 0 Å². The molecule has 66 valence electrons. The van der Waals surface area contributed by atoms with Crippen LogP contribution < -0.4 is 11.1 Å². The molecule has 0 rings (SSSR count). The van der Waals surface area contributed by atoms with Crippen LogP contribution in [-0.4, -0.2) is 32.2 Å². The molecule has 0 aromatic carbocycles. The zero-order valence-corrected chi connectivity index (χ0v) is 7.09. The Bertz CT molecular complexity index is 115. The third kappa shape index (κ3) is 5.82. The van der Waals surface area contributed by atoms with Crippen LogP contribution in [0.15, 0.2) is 0 Å². The van der Waals surface area contributed by atoms with E-state index in [1.807, 2.05) is 0 Å². The molecule has 4 heteroatoms. The van der Waals surface area contributed by atoms with E-state index in [1.54, 1.807) is 14.0 Å². The molecule has 0 radical (unpaired) electrons. The standard InChI is InChI=1S/C7H16N2O2/c1-6(8)7(10)9-4-3-5-11-2/h6H,3-5,8H2,1-2H3,(H,9,10)/t6-/m1/s1. The van der Waals surface area contributed by atoms with Crippen LogP contribution in [0.5, 0.6) is 0 Å². The number of carbonyl (C=O) groups is 1. The maximum absolute atomic E-state index is 10.8. The summed E-state index contributed by atoms with van der Waals surface area (Å²) in [6, 6.07) is -0.419. The number of amides is 1. The lowest BCUT2D eigenvalue weighted by molar-refractivity contribution is -0.122. The summed E-state index contributed by atoms with van der Waals surface area (Å²) < 4.78 is 4.80. The van der Waals surface area contributed by atoms with Crippen molar-refractivity contribution in [1.82, 2.24) is 5.32 Å². The van der Waals surface area contributed by atoms with Gasteiger partial charge in [0.1, 0.15) is 0 Å². The normalized spacial score (nSPS) is 12.6. The first-order valence-electron chi connectivity index (χ1n) is 3.70. The Hall–Kier alpha value is -0.610. The van der Waals surface area contributed by atoms with E-state index in [0.717, 1.165) is 6.42 Å². The summed E-state index contributed by atoms with van der Waals surface area (Å²) in [4.78, 5) is 10.8.